The van der Waals surface area contributed by atoms with Gasteiger partial charge in [0.1, 0.15) is 6.04 Å². The van der Waals surface area contributed by atoms with E-state index in [1.165, 1.54) is 7.11 Å². The van der Waals surface area contributed by atoms with Crippen molar-refractivity contribution in [3.63, 3.8) is 0 Å². The highest BCUT2D eigenvalue weighted by Crippen LogP contribution is 1.98. The van der Waals surface area contributed by atoms with E-state index in [0.29, 0.717) is 0 Å². The van der Waals surface area contributed by atoms with Gasteiger partial charge < -0.3 is 10.1 Å². The van der Waals surface area contributed by atoms with Crippen LogP contribution in [0.15, 0.2) is 12.7 Å². The lowest BCUT2D eigenvalue weighted by molar-refractivity contribution is -0.143. The second kappa shape index (κ2) is 8.56. The van der Waals surface area contributed by atoms with E-state index in [4.69, 9.17) is 0 Å². The average Bonchev–Trinajstić information content (AvgIpc) is 2.05. The summed E-state index contributed by atoms with van der Waals surface area (Å²) in [4.78, 5) is 10.9. The summed E-state index contributed by atoms with van der Waals surface area (Å²) in [6.45, 7) is 3.57. The van der Waals surface area contributed by atoms with Crippen molar-refractivity contribution in [3.05, 3.63) is 12.7 Å². The van der Waals surface area contributed by atoms with E-state index in [1.807, 2.05) is 0 Å². The Morgan fingerprint density at radius 2 is 2.33 bits per heavy atom. The molecule has 4 heteroatoms. The van der Waals surface area contributed by atoms with Crippen LogP contribution in [0.4, 0.5) is 0 Å². The topological polar surface area (TPSA) is 38.3 Å². The molecule has 0 amide bonds. The number of hydrogen-bond donors (Lipinski definition) is 1. The maximum atomic E-state index is 10.9. The number of nitrogens with one attached hydrogen (secondary N) is 1. The summed E-state index contributed by atoms with van der Waals surface area (Å²) in [6, 6.07) is -0.196. The Balaban J connectivity index is 0. The molecule has 0 bridgehead atoms. The number of ether oxygens (including phenoxy) is 1. The lowest BCUT2D eigenvalue weighted by Gasteiger charge is -2.11. The van der Waals surface area contributed by atoms with Crippen LogP contribution in [0.25, 0.3) is 0 Å². The first kappa shape index (κ1) is 14.0. The highest BCUT2D eigenvalue weighted by molar-refractivity contribution is 5.85. The van der Waals surface area contributed by atoms with Gasteiger partial charge in [0, 0.05) is 0 Å². The maximum Gasteiger partial charge on any atom is 0.322 e. The van der Waals surface area contributed by atoms with Crippen molar-refractivity contribution in [2.24, 2.45) is 0 Å². The minimum atomic E-state index is -0.214. The lowest BCUT2D eigenvalue weighted by Crippen LogP contribution is -2.34. The van der Waals surface area contributed by atoms with E-state index >= 15 is 0 Å². The Hall–Kier alpha value is -0.540. The molecule has 0 aliphatic rings. The zero-order chi connectivity index (χ0) is 8.69. The van der Waals surface area contributed by atoms with Crippen LogP contribution < -0.4 is 5.32 Å². The fourth-order valence-electron chi connectivity index (χ4n) is 0.807. The summed E-state index contributed by atoms with van der Waals surface area (Å²) >= 11 is 0. The van der Waals surface area contributed by atoms with Crippen LogP contribution in [0, 0.1) is 0 Å². The molecule has 0 heterocycles. The molecule has 0 spiro atoms. The summed E-state index contributed by atoms with van der Waals surface area (Å²) in [5, 5.41) is 2.87. The summed E-state index contributed by atoms with van der Waals surface area (Å²) in [6.07, 6.45) is 3.35. The fraction of sp³-hybridized carbons (Fsp3) is 0.625. The van der Waals surface area contributed by atoms with Gasteiger partial charge in [0.15, 0.2) is 0 Å². The molecular weight excluding hydrogens is 178 g/mol. The molecule has 0 aromatic rings. The second-order valence-electron chi connectivity index (χ2n) is 2.23. The van der Waals surface area contributed by atoms with E-state index in [0.717, 1.165) is 12.8 Å². The van der Waals surface area contributed by atoms with Gasteiger partial charge in [0.2, 0.25) is 0 Å². The summed E-state index contributed by atoms with van der Waals surface area (Å²) < 4.78 is 4.56. The first-order chi connectivity index (χ1) is 5.26. The average molecular weight is 194 g/mol. The van der Waals surface area contributed by atoms with E-state index in [-0.39, 0.29) is 24.4 Å². The van der Waals surface area contributed by atoms with Gasteiger partial charge in [0.05, 0.1) is 7.11 Å². The molecule has 3 nitrogen and oxygen atoms in total. The van der Waals surface area contributed by atoms with Crippen molar-refractivity contribution < 1.29 is 9.53 Å². The number of allylic oxidation sites excluding steroid dienone is 1. The van der Waals surface area contributed by atoms with Crippen LogP contribution in [0.2, 0.25) is 0 Å². The Bertz CT molecular complexity index is 139. The molecule has 1 N–H and O–H groups in total. The van der Waals surface area contributed by atoms with Crippen LogP contribution in [-0.4, -0.2) is 26.2 Å². The predicted octanol–water partition coefficient (Wildman–Crippen LogP) is 1.14. The van der Waals surface area contributed by atoms with Crippen LogP contribution in [0.1, 0.15) is 12.8 Å². The monoisotopic (exact) mass is 193 g/mol. The van der Waals surface area contributed by atoms with Crippen molar-refractivity contribution in [3.8, 4) is 0 Å². The van der Waals surface area contributed by atoms with Crippen LogP contribution in [0.5, 0.6) is 0 Å². The number of hydrogen-bond acceptors (Lipinski definition) is 3. The Labute approximate surface area is 79.6 Å². The molecule has 0 aliphatic heterocycles. The second-order valence-corrected chi connectivity index (χ2v) is 2.23. The van der Waals surface area contributed by atoms with E-state index < -0.39 is 0 Å². The normalized spacial score (nSPS) is 11.2. The zero-order valence-electron chi connectivity index (χ0n) is 7.50. The Morgan fingerprint density at radius 1 is 1.75 bits per heavy atom. The van der Waals surface area contributed by atoms with E-state index in [1.54, 1.807) is 13.1 Å². The molecule has 0 saturated carbocycles. The third-order valence-corrected chi connectivity index (χ3v) is 1.49. The molecule has 0 aromatic heterocycles. The van der Waals surface area contributed by atoms with Gasteiger partial charge in [-0.25, -0.2) is 0 Å². The minimum absolute atomic E-state index is 0. The highest BCUT2D eigenvalue weighted by atomic mass is 35.5. The van der Waals surface area contributed by atoms with Gasteiger partial charge in [-0.05, 0) is 19.9 Å². The highest BCUT2D eigenvalue weighted by Gasteiger charge is 2.14. The first-order valence-electron chi connectivity index (χ1n) is 3.62. The first-order valence-corrected chi connectivity index (χ1v) is 3.62. The molecular formula is C8H16ClNO2. The van der Waals surface area contributed by atoms with Gasteiger partial charge in [-0.15, -0.1) is 19.0 Å². The van der Waals surface area contributed by atoms with Gasteiger partial charge in [0.25, 0.3) is 0 Å². The smallest absolute Gasteiger partial charge is 0.322 e. The van der Waals surface area contributed by atoms with Crippen molar-refractivity contribution in [1.29, 1.82) is 0 Å². The van der Waals surface area contributed by atoms with Gasteiger partial charge in [-0.1, -0.05) is 6.08 Å². The number of esters is 1. The van der Waals surface area contributed by atoms with Crippen molar-refractivity contribution in [2.75, 3.05) is 14.2 Å². The largest absolute Gasteiger partial charge is 0.468 e. The molecule has 0 rings (SSSR count). The molecule has 1 atom stereocenters. The number of methoxy groups -OCH3 is 1. The van der Waals surface area contributed by atoms with Crippen molar-refractivity contribution in [2.45, 2.75) is 18.9 Å². The minimum Gasteiger partial charge on any atom is -0.468 e. The van der Waals surface area contributed by atoms with Gasteiger partial charge in [-0.3, -0.25) is 4.79 Å². The quantitative estimate of drug-likeness (QED) is 0.526. The SMILES string of the molecule is C=CCC[C@H](NC)C(=O)OC.Cl. The Kier molecular flexibility index (Phi) is 9.99. The molecule has 0 radical (unpaired) electrons. The van der Waals surface area contributed by atoms with Crippen molar-refractivity contribution >= 4 is 18.4 Å². The zero-order valence-corrected chi connectivity index (χ0v) is 8.32. The number of rotatable bonds is 5. The van der Waals surface area contributed by atoms with Gasteiger partial charge >= 0.3 is 5.97 Å². The molecule has 0 unspecified atom stereocenters. The summed E-state index contributed by atoms with van der Waals surface area (Å²) in [5.41, 5.74) is 0. The number of carbonyl (C=O) groups is 1. The number of carbonyl (C=O) groups excluding carboxylic acids is 1. The van der Waals surface area contributed by atoms with E-state index in [9.17, 15) is 4.79 Å². The van der Waals surface area contributed by atoms with E-state index in [2.05, 4.69) is 16.6 Å². The predicted molar refractivity (Wildman–Crippen MR) is 51.5 cm³/mol. The standard InChI is InChI=1S/C8H15NO2.ClH/c1-4-5-6-7(9-2)8(10)11-3;/h4,7,9H,1,5-6H2,2-3H3;1H/t7-;/m0./s1. The third-order valence-electron chi connectivity index (χ3n) is 1.49. The van der Waals surface area contributed by atoms with Crippen LogP contribution in [0.3, 0.4) is 0 Å². The number of halogens is 1. The molecule has 0 aromatic carbocycles. The molecule has 12 heavy (non-hydrogen) atoms. The van der Waals surface area contributed by atoms with Gasteiger partial charge in [-0.2, -0.15) is 0 Å². The van der Waals surface area contributed by atoms with Crippen LogP contribution >= 0.6 is 12.4 Å². The fourth-order valence-corrected chi connectivity index (χ4v) is 0.807. The number of likely N-dealkylation sites (N-methyl/N-ethyl adjacent to an activating group) is 1. The molecule has 0 aliphatic carbocycles. The summed E-state index contributed by atoms with van der Waals surface area (Å²) in [5.74, 6) is -0.214. The Morgan fingerprint density at radius 3 is 2.67 bits per heavy atom. The van der Waals surface area contributed by atoms with Crippen molar-refractivity contribution in [1.82, 2.24) is 5.32 Å². The third kappa shape index (κ3) is 5.16. The molecule has 0 saturated heterocycles. The lowest BCUT2D eigenvalue weighted by atomic mass is 10.1. The summed E-state index contributed by atoms with van der Waals surface area (Å²) in [7, 11) is 3.13. The molecule has 72 valence electrons. The molecule has 0 fully saturated rings. The maximum absolute atomic E-state index is 10.9. The van der Waals surface area contributed by atoms with Crippen LogP contribution in [-0.2, 0) is 9.53 Å².